The summed E-state index contributed by atoms with van der Waals surface area (Å²) >= 11 is 0. The smallest absolute Gasteiger partial charge is 0.159 e. The molecule has 0 aliphatic rings. The highest BCUT2D eigenvalue weighted by atomic mass is 16.5. The van der Waals surface area contributed by atoms with Crippen LogP contribution in [0.1, 0.15) is 24.2 Å². The maximum atomic E-state index is 11.1. The molecule has 0 bridgehead atoms. The molecule has 0 radical (unpaired) electrons. The Balaban J connectivity index is 2.81. The van der Waals surface area contributed by atoms with Crippen molar-refractivity contribution < 1.29 is 9.53 Å². The highest BCUT2D eigenvalue weighted by Crippen LogP contribution is 2.16. The summed E-state index contributed by atoms with van der Waals surface area (Å²) < 4.78 is 5.58. The molecule has 0 aliphatic heterocycles. The van der Waals surface area contributed by atoms with Crippen LogP contribution in [0.5, 0.6) is 5.75 Å². The Bertz CT molecular complexity index is 450. The summed E-state index contributed by atoms with van der Waals surface area (Å²) in [7, 11) is 0. The molecule has 1 aromatic carbocycles. The first-order chi connectivity index (χ1) is 8.17. The fraction of sp³-hybridized carbons (Fsp3) is 0.133. The van der Waals surface area contributed by atoms with Gasteiger partial charge in [-0.3, -0.25) is 4.79 Å². The molecule has 0 aliphatic carbocycles. The number of carbonyl (C=O) groups excluding carboxylic acids is 1. The molecule has 0 spiro atoms. The number of carbonyl (C=O) groups is 1. The second-order valence-electron chi connectivity index (χ2n) is 3.48. The van der Waals surface area contributed by atoms with Crippen LogP contribution in [-0.2, 0) is 0 Å². The van der Waals surface area contributed by atoms with Crippen molar-refractivity contribution in [1.82, 2.24) is 0 Å². The molecule has 2 nitrogen and oxygen atoms in total. The lowest BCUT2D eigenvalue weighted by atomic mass is 10.1. The second-order valence-corrected chi connectivity index (χ2v) is 3.48. The Hall–Kier alpha value is -2.09. The number of ether oxygens (including phenoxy) is 1. The summed E-state index contributed by atoms with van der Waals surface area (Å²) in [5.41, 5.74) is 0.676. The van der Waals surface area contributed by atoms with Gasteiger partial charge in [0.25, 0.3) is 0 Å². The summed E-state index contributed by atoms with van der Waals surface area (Å²) in [5.74, 6) is 1.40. The molecule has 0 amide bonds. The summed E-state index contributed by atoms with van der Waals surface area (Å²) in [6.07, 6.45) is 7.25. The van der Waals surface area contributed by atoms with E-state index in [0.29, 0.717) is 17.1 Å². The third-order valence-electron chi connectivity index (χ3n) is 2.15. The van der Waals surface area contributed by atoms with Crippen LogP contribution in [0.15, 0.2) is 60.9 Å². The van der Waals surface area contributed by atoms with E-state index < -0.39 is 0 Å². The molecule has 17 heavy (non-hydrogen) atoms. The first-order valence-electron chi connectivity index (χ1n) is 5.41. The number of hydrogen-bond donors (Lipinski definition) is 0. The van der Waals surface area contributed by atoms with Gasteiger partial charge in [0.15, 0.2) is 5.78 Å². The molecule has 1 aromatic rings. The molecule has 0 aromatic heterocycles. The third-order valence-corrected chi connectivity index (χ3v) is 2.15. The van der Waals surface area contributed by atoms with E-state index >= 15 is 0 Å². The quantitative estimate of drug-likeness (QED) is 0.434. The van der Waals surface area contributed by atoms with E-state index in [2.05, 4.69) is 6.58 Å². The molecule has 0 unspecified atom stereocenters. The topological polar surface area (TPSA) is 26.3 Å². The fourth-order valence-electron chi connectivity index (χ4n) is 1.23. The third kappa shape index (κ3) is 4.11. The lowest BCUT2D eigenvalue weighted by Gasteiger charge is -2.06. The van der Waals surface area contributed by atoms with Crippen molar-refractivity contribution in [3.63, 3.8) is 0 Å². The van der Waals surface area contributed by atoms with Crippen LogP contribution < -0.4 is 4.74 Å². The average Bonchev–Trinajstić information content (AvgIpc) is 2.35. The van der Waals surface area contributed by atoms with Gasteiger partial charge in [-0.05, 0) is 50.3 Å². The predicted octanol–water partition coefficient (Wildman–Crippen LogP) is 3.91. The van der Waals surface area contributed by atoms with Crippen LogP contribution in [-0.4, -0.2) is 5.78 Å². The van der Waals surface area contributed by atoms with E-state index in [-0.39, 0.29) is 5.78 Å². The molecule has 0 saturated heterocycles. The van der Waals surface area contributed by atoms with E-state index in [1.54, 1.807) is 30.3 Å². The largest absolute Gasteiger partial charge is 0.457 e. The Morgan fingerprint density at radius 1 is 1.29 bits per heavy atom. The van der Waals surface area contributed by atoms with Crippen LogP contribution in [0.4, 0.5) is 0 Å². The molecule has 0 atom stereocenters. The van der Waals surface area contributed by atoms with Gasteiger partial charge in [-0.1, -0.05) is 18.7 Å². The van der Waals surface area contributed by atoms with Gasteiger partial charge < -0.3 is 4.74 Å². The summed E-state index contributed by atoms with van der Waals surface area (Å²) in [5, 5.41) is 0. The summed E-state index contributed by atoms with van der Waals surface area (Å²) in [6.45, 7) is 7.14. The van der Waals surface area contributed by atoms with E-state index in [9.17, 15) is 4.79 Å². The van der Waals surface area contributed by atoms with Crippen molar-refractivity contribution in [2.24, 2.45) is 0 Å². The lowest BCUT2D eigenvalue weighted by Crippen LogP contribution is -1.94. The highest BCUT2D eigenvalue weighted by molar-refractivity contribution is 5.94. The number of allylic oxidation sites excluding steroid dienone is 4. The standard InChI is InChI=1S/C15H16O2/c1-4-6-7-14(5-2)17-15-10-8-13(9-11-15)12(3)16/h4-11H,2H2,1,3H3/b6-4-,14-7+. The van der Waals surface area contributed by atoms with Gasteiger partial charge >= 0.3 is 0 Å². The van der Waals surface area contributed by atoms with Gasteiger partial charge in [0, 0.05) is 5.56 Å². The van der Waals surface area contributed by atoms with Gasteiger partial charge in [0.1, 0.15) is 11.5 Å². The van der Waals surface area contributed by atoms with E-state index in [4.69, 9.17) is 4.74 Å². The SMILES string of the molecule is C=C/C(=C\C=C/C)Oc1ccc(C(C)=O)cc1. The monoisotopic (exact) mass is 228 g/mol. The van der Waals surface area contributed by atoms with Crippen LogP contribution in [0.3, 0.4) is 0 Å². The van der Waals surface area contributed by atoms with Crippen LogP contribution >= 0.6 is 0 Å². The Kier molecular flexibility index (Phi) is 4.95. The minimum absolute atomic E-state index is 0.0463. The number of ketones is 1. The van der Waals surface area contributed by atoms with Crippen molar-refractivity contribution in [1.29, 1.82) is 0 Å². The summed E-state index contributed by atoms with van der Waals surface area (Å²) in [6, 6.07) is 7.02. The zero-order valence-corrected chi connectivity index (χ0v) is 10.1. The average molecular weight is 228 g/mol. The lowest BCUT2D eigenvalue weighted by molar-refractivity contribution is 0.101. The molecular formula is C15H16O2. The molecule has 0 fully saturated rings. The minimum atomic E-state index is 0.0463. The van der Waals surface area contributed by atoms with Crippen molar-refractivity contribution in [3.05, 3.63) is 66.5 Å². The first-order valence-corrected chi connectivity index (χ1v) is 5.41. The fourth-order valence-corrected chi connectivity index (χ4v) is 1.23. The van der Waals surface area contributed by atoms with Gasteiger partial charge in [-0.25, -0.2) is 0 Å². The molecule has 0 N–H and O–H groups in total. The minimum Gasteiger partial charge on any atom is -0.457 e. The predicted molar refractivity (Wildman–Crippen MR) is 70.2 cm³/mol. The Labute approximate surface area is 102 Å². The molecular weight excluding hydrogens is 212 g/mol. The van der Waals surface area contributed by atoms with Gasteiger partial charge in [0.05, 0.1) is 0 Å². The summed E-state index contributed by atoms with van der Waals surface area (Å²) in [4.78, 5) is 11.1. The second kappa shape index (κ2) is 6.48. The molecule has 2 heteroatoms. The van der Waals surface area contributed by atoms with Crippen molar-refractivity contribution >= 4 is 5.78 Å². The number of benzene rings is 1. The Morgan fingerprint density at radius 2 is 1.94 bits per heavy atom. The molecule has 1 rings (SSSR count). The van der Waals surface area contributed by atoms with Crippen molar-refractivity contribution in [2.45, 2.75) is 13.8 Å². The number of hydrogen-bond acceptors (Lipinski definition) is 2. The molecule has 0 saturated carbocycles. The number of rotatable bonds is 5. The van der Waals surface area contributed by atoms with E-state index in [0.717, 1.165) is 0 Å². The van der Waals surface area contributed by atoms with E-state index in [1.807, 2.05) is 25.2 Å². The Morgan fingerprint density at radius 3 is 2.41 bits per heavy atom. The first kappa shape index (κ1) is 13.0. The zero-order valence-electron chi connectivity index (χ0n) is 10.1. The van der Waals surface area contributed by atoms with Crippen molar-refractivity contribution in [2.75, 3.05) is 0 Å². The number of Topliss-reactive ketones (excluding diaryl/α,β-unsaturated/α-hetero) is 1. The molecule has 88 valence electrons. The van der Waals surface area contributed by atoms with Gasteiger partial charge in [-0.2, -0.15) is 0 Å². The maximum Gasteiger partial charge on any atom is 0.159 e. The molecule has 0 heterocycles. The maximum absolute atomic E-state index is 11.1. The van der Waals surface area contributed by atoms with Crippen molar-refractivity contribution in [3.8, 4) is 5.75 Å². The van der Waals surface area contributed by atoms with Crippen LogP contribution in [0.25, 0.3) is 0 Å². The van der Waals surface area contributed by atoms with Crippen LogP contribution in [0, 0.1) is 0 Å². The zero-order chi connectivity index (χ0) is 12.7. The van der Waals surface area contributed by atoms with Gasteiger partial charge in [-0.15, -0.1) is 0 Å². The van der Waals surface area contributed by atoms with Crippen LogP contribution in [0.2, 0.25) is 0 Å². The normalized spacial score (nSPS) is 11.5. The van der Waals surface area contributed by atoms with E-state index in [1.165, 1.54) is 6.92 Å². The van der Waals surface area contributed by atoms with Gasteiger partial charge in [0.2, 0.25) is 0 Å². The highest BCUT2D eigenvalue weighted by Gasteiger charge is 2.00.